The number of hydrogen-bond donors (Lipinski definition) is 16. The number of nitrogens with zero attached hydrogens (tertiary/aromatic N) is 2. The highest BCUT2D eigenvalue weighted by atomic mass is 31.2. The molecule has 7 amide bonds. The van der Waals surface area contributed by atoms with Crippen LogP contribution in [0.3, 0.4) is 0 Å². The lowest BCUT2D eigenvalue weighted by Crippen LogP contribution is -2.64. The summed E-state index contributed by atoms with van der Waals surface area (Å²) in [6, 6.07) is -3.46. The van der Waals surface area contributed by atoms with Crippen molar-refractivity contribution >= 4 is 48.9 Å². The third-order valence-electron chi connectivity index (χ3n) is 14.1. The standard InChI is InChI=1S/C52H94N7O26P/c1-30(63)55-40-46(73)43(70)34(26-60)83-50(40)79-23-8-5-14-37(67)53-17-11-19-58(38(68)15-6-9-24-80-51-41(56-31(2)64)47(74)44(71)35(27-61)84-51)21-13-22-59(20-12-18-54-49(76)33(66)29-82-86(4,77)78)39(69)16-7-10-25-81-52-42(57-32(3)65)48(75)45(72)36(28-62)85-52/h33-36,40-48,50-52,60-62,66,70-75H,5-29H2,1-4H3,(H,53,67)(H,54,76)(H,55,63)(H,56,64)(H,57,65)(H,77,78)/t33?,34?,35?,36?,40?,41?,42?,43-,44-,45-,46+,47+,48+,50+,51+,52+/m0/s1. The molecule has 3 aliphatic heterocycles. The number of aliphatic hydroxyl groups is 10. The number of carbonyl (C=O) groups excluding carboxylic acids is 7. The van der Waals surface area contributed by atoms with Crippen LogP contribution in [0, 0.1) is 0 Å². The van der Waals surface area contributed by atoms with Gasteiger partial charge >= 0.3 is 7.60 Å². The maximum absolute atomic E-state index is 13.9. The summed E-state index contributed by atoms with van der Waals surface area (Å²) in [6.45, 7) is 2.53. The summed E-state index contributed by atoms with van der Waals surface area (Å²) in [5.74, 6) is -3.37. The van der Waals surface area contributed by atoms with Gasteiger partial charge in [-0.3, -0.25) is 38.1 Å². The second kappa shape index (κ2) is 39.7. The van der Waals surface area contributed by atoms with Gasteiger partial charge in [-0.15, -0.1) is 0 Å². The average molecular weight is 1260 g/mol. The second-order valence-corrected chi connectivity index (χ2v) is 23.2. The first-order chi connectivity index (χ1) is 40.7. The van der Waals surface area contributed by atoms with Crippen molar-refractivity contribution in [3.05, 3.63) is 0 Å². The van der Waals surface area contributed by atoms with Crippen molar-refractivity contribution in [3.8, 4) is 0 Å². The Balaban J connectivity index is 1.66. The van der Waals surface area contributed by atoms with Gasteiger partial charge in [-0.1, -0.05) is 0 Å². The van der Waals surface area contributed by atoms with E-state index in [4.69, 9.17) is 28.4 Å². The molecule has 3 rings (SSSR count). The highest BCUT2D eigenvalue weighted by Gasteiger charge is 2.48. The summed E-state index contributed by atoms with van der Waals surface area (Å²) in [6.07, 6.45) is -15.4. The first-order valence-corrected chi connectivity index (χ1v) is 31.0. The van der Waals surface area contributed by atoms with Crippen LogP contribution >= 0.6 is 7.60 Å². The number of amides is 7. The molecular formula is C52H94N7O26P. The largest absolute Gasteiger partial charge is 0.394 e. The Labute approximate surface area is 499 Å². The van der Waals surface area contributed by atoms with E-state index >= 15 is 0 Å². The summed E-state index contributed by atoms with van der Waals surface area (Å²) >= 11 is 0. The smallest absolute Gasteiger partial charge is 0.325 e. The van der Waals surface area contributed by atoms with Crippen LogP contribution in [0.4, 0.5) is 0 Å². The fourth-order valence-electron chi connectivity index (χ4n) is 9.54. The number of nitrogens with one attached hydrogen (secondary N) is 5. The van der Waals surface area contributed by atoms with Crippen molar-refractivity contribution in [3.63, 3.8) is 0 Å². The number of aliphatic hydroxyl groups excluding tert-OH is 10. The number of rotatable bonds is 40. The predicted molar refractivity (Wildman–Crippen MR) is 296 cm³/mol. The Bertz CT molecular complexity index is 2120. The molecule has 498 valence electrons. The lowest BCUT2D eigenvalue weighted by atomic mass is 9.97. The van der Waals surface area contributed by atoms with E-state index < -0.39 is 156 Å². The lowest BCUT2D eigenvalue weighted by Gasteiger charge is -2.42. The van der Waals surface area contributed by atoms with E-state index in [-0.39, 0.29) is 128 Å². The Morgan fingerprint density at radius 2 is 0.837 bits per heavy atom. The van der Waals surface area contributed by atoms with Crippen LogP contribution < -0.4 is 26.6 Å². The van der Waals surface area contributed by atoms with Gasteiger partial charge in [0.15, 0.2) is 25.0 Å². The van der Waals surface area contributed by atoms with Crippen LogP contribution in [-0.2, 0) is 71.1 Å². The summed E-state index contributed by atoms with van der Waals surface area (Å²) in [5, 5.41) is 115. The lowest BCUT2D eigenvalue weighted by molar-refractivity contribution is -0.270. The molecule has 0 aromatic carbocycles. The quantitative estimate of drug-likeness (QED) is 0.0200. The van der Waals surface area contributed by atoms with Crippen molar-refractivity contribution < 1.29 is 127 Å². The zero-order chi connectivity index (χ0) is 64.1. The minimum absolute atomic E-state index is 0.00541. The average Bonchev–Trinajstić information content (AvgIpc) is 1.35. The van der Waals surface area contributed by atoms with Crippen LogP contribution in [-0.4, -0.2) is 297 Å². The highest BCUT2D eigenvalue weighted by molar-refractivity contribution is 7.51. The molecule has 8 unspecified atom stereocenters. The second-order valence-electron chi connectivity index (χ2n) is 21.4. The van der Waals surface area contributed by atoms with Gasteiger partial charge in [0.25, 0.3) is 5.91 Å². The van der Waals surface area contributed by atoms with Gasteiger partial charge in [0.1, 0.15) is 73.1 Å². The summed E-state index contributed by atoms with van der Waals surface area (Å²) in [7, 11) is -3.99. The van der Waals surface area contributed by atoms with Crippen LogP contribution in [0.25, 0.3) is 0 Å². The molecule has 17 atom stereocenters. The molecule has 3 saturated heterocycles. The van der Waals surface area contributed by atoms with Crippen molar-refractivity contribution in [2.75, 3.05) is 92.2 Å². The Morgan fingerprint density at radius 3 is 1.17 bits per heavy atom. The van der Waals surface area contributed by atoms with Crippen molar-refractivity contribution in [1.29, 1.82) is 0 Å². The normalized spacial score (nSPS) is 28.5. The Morgan fingerprint density at radius 1 is 0.500 bits per heavy atom. The minimum Gasteiger partial charge on any atom is -0.394 e. The van der Waals surface area contributed by atoms with Gasteiger partial charge in [0, 0.05) is 106 Å². The minimum atomic E-state index is -3.99. The van der Waals surface area contributed by atoms with Crippen LogP contribution in [0.5, 0.6) is 0 Å². The molecule has 0 spiro atoms. The molecule has 86 heavy (non-hydrogen) atoms. The van der Waals surface area contributed by atoms with E-state index in [1.165, 1.54) is 25.7 Å². The van der Waals surface area contributed by atoms with Gasteiger partial charge in [-0.2, -0.15) is 0 Å². The Hall–Kier alpha value is -4.20. The van der Waals surface area contributed by atoms with Gasteiger partial charge in [-0.05, 0) is 57.8 Å². The molecule has 3 aliphatic rings. The van der Waals surface area contributed by atoms with Crippen molar-refractivity contribution in [2.45, 2.75) is 196 Å². The third-order valence-corrected chi connectivity index (χ3v) is 14.8. The van der Waals surface area contributed by atoms with Gasteiger partial charge in [0.2, 0.25) is 35.4 Å². The zero-order valence-electron chi connectivity index (χ0n) is 49.3. The number of unbranched alkanes of at least 4 members (excludes halogenated alkanes) is 3. The molecule has 0 aliphatic carbocycles. The summed E-state index contributed by atoms with van der Waals surface area (Å²) < 4.78 is 50.2. The molecule has 0 aromatic heterocycles. The monoisotopic (exact) mass is 1260 g/mol. The van der Waals surface area contributed by atoms with Crippen LogP contribution in [0.2, 0.25) is 0 Å². The molecule has 0 bridgehead atoms. The van der Waals surface area contributed by atoms with Gasteiger partial charge < -0.3 is 125 Å². The first kappa shape index (κ1) is 76.0. The maximum Gasteiger partial charge on any atom is 0.325 e. The first-order valence-electron chi connectivity index (χ1n) is 29.0. The van der Waals surface area contributed by atoms with Crippen LogP contribution in [0.1, 0.15) is 97.8 Å². The zero-order valence-corrected chi connectivity index (χ0v) is 50.2. The fraction of sp³-hybridized carbons (Fsp3) is 0.865. The maximum atomic E-state index is 13.9. The van der Waals surface area contributed by atoms with E-state index in [0.717, 1.165) is 6.66 Å². The summed E-state index contributed by atoms with van der Waals surface area (Å²) in [5.41, 5.74) is 0. The molecule has 0 radical (unpaired) electrons. The van der Waals surface area contributed by atoms with E-state index in [0.29, 0.717) is 25.7 Å². The highest BCUT2D eigenvalue weighted by Crippen LogP contribution is 2.36. The SMILES string of the molecule is CC(=O)NC1[C@H](OCCCCC(=O)NCCCN(CCCN(CCCNC(=O)C(O)COP(C)(=O)O)C(=O)CCCCO[C@@H]2OC(CO)[C@H](O)[C@H](O)C2NC(C)=O)C(=O)CCCCO[C@@H]2OC(CO)[C@H](O)[C@H](O)C2NC(C)=O)OC(CO)[C@H](O)[C@@H]1O. The molecule has 34 heteroatoms. The predicted octanol–water partition coefficient (Wildman–Crippen LogP) is -6.37. The van der Waals surface area contributed by atoms with Crippen LogP contribution in [0.15, 0.2) is 0 Å². The van der Waals surface area contributed by atoms with Gasteiger partial charge in [0.05, 0.1) is 26.4 Å². The van der Waals surface area contributed by atoms with Crippen molar-refractivity contribution in [2.24, 2.45) is 0 Å². The van der Waals surface area contributed by atoms with E-state index in [1.54, 1.807) is 4.90 Å². The number of ether oxygens (including phenoxy) is 6. The number of carbonyl (C=O) groups is 7. The topological polar surface area (TPSA) is 490 Å². The number of hydrogen-bond acceptors (Lipinski definition) is 25. The molecule has 33 nitrogen and oxygen atoms in total. The molecule has 16 N–H and O–H groups in total. The molecule has 3 fully saturated rings. The van der Waals surface area contributed by atoms with Gasteiger partial charge in [-0.25, -0.2) is 0 Å². The molecule has 0 aromatic rings. The third kappa shape index (κ3) is 26.9. The van der Waals surface area contributed by atoms with E-state index in [2.05, 4.69) is 31.1 Å². The molecule has 3 heterocycles. The molecular weight excluding hydrogens is 1170 g/mol. The van der Waals surface area contributed by atoms with Crippen molar-refractivity contribution in [1.82, 2.24) is 36.4 Å². The Kier molecular flexibility index (Phi) is 35.1. The summed E-state index contributed by atoms with van der Waals surface area (Å²) in [4.78, 5) is 101. The van der Waals surface area contributed by atoms with E-state index in [1.807, 2.05) is 0 Å². The molecule has 0 saturated carbocycles. The van der Waals surface area contributed by atoms with E-state index in [9.17, 15) is 94.1 Å². The fourth-order valence-corrected chi connectivity index (χ4v) is 9.96.